The Bertz CT molecular complexity index is 307. The highest BCUT2D eigenvalue weighted by Gasteiger charge is 2.08. The zero-order valence-corrected chi connectivity index (χ0v) is 9.33. The minimum absolute atomic E-state index is 0. The van der Waals surface area contributed by atoms with Gasteiger partial charge >= 0.3 is 5.97 Å². The van der Waals surface area contributed by atoms with Crippen LogP contribution in [0.3, 0.4) is 0 Å². The van der Waals surface area contributed by atoms with Crippen LogP contribution in [-0.2, 0) is 22.8 Å². The monoisotopic (exact) mass is 263 g/mol. The van der Waals surface area contributed by atoms with Crippen molar-refractivity contribution in [2.75, 3.05) is 7.11 Å². The summed E-state index contributed by atoms with van der Waals surface area (Å²) in [5.74, 6) is -0.346. The van der Waals surface area contributed by atoms with Crippen molar-refractivity contribution in [3.63, 3.8) is 0 Å². The molecule has 1 rings (SSSR count). The molecule has 5 heteroatoms. The van der Waals surface area contributed by atoms with Gasteiger partial charge in [0.05, 0.1) is 7.11 Å². The Kier molecular flexibility index (Phi) is 6.03. The molecule has 0 unspecified atom stereocenters. The topological polar surface area (TPSA) is 30.2 Å². The maximum atomic E-state index is 12.2. The molecule has 0 saturated heterocycles. The maximum absolute atomic E-state index is 12.2. The fourth-order valence-corrected chi connectivity index (χ4v) is 0.967. The molecule has 0 bridgehead atoms. The SMILES string of the molecule is COC(=O)C[n+]1cccc(CF)c1.[Br-]. The van der Waals surface area contributed by atoms with Gasteiger partial charge in [-0.05, 0) is 6.07 Å². The molecule has 1 aromatic heterocycles. The first-order valence-corrected chi connectivity index (χ1v) is 3.87. The second-order valence-electron chi connectivity index (χ2n) is 2.59. The highest BCUT2D eigenvalue weighted by Crippen LogP contribution is 1.95. The molecule has 0 aliphatic carbocycles. The predicted octanol–water partition coefficient (Wildman–Crippen LogP) is -2.38. The van der Waals surface area contributed by atoms with Crippen LogP contribution in [0, 0.1) is 0 Å². The summed E-state index contributed by atoms with van der Waals surface area (Å²) in [6.45, 7) is -0.410. The summed E-state index contributed by atoms with van der Waals surface area (Å²) >= 11 is 0. The van der Waals surface area contributed by atoms with Crippen LogP contribution in [0.15, 0.2) is 24.5 Å². The van der Waals surface area contributed by atoms with Crippen molar-refractivity contribution in [2.45, 2.75) is 13.2 Å². The molecule has 14 heavy (non-hydrogen) atoms. The number of hydrogen-bond donors (Lipinski definition) is 0. The van der Waals surface area contributed by atoms with Crippen LogP contribution in [0.5, 0.6) is 0 Å². The van der Waals surface area contributed by atoms with Gasteiger partial charge in [0.2, 0.25) is 6.54 Å². The summed E-state index contributed by atoms with van der Waals surface area (Å²) in [5.41, 5.74) is 0.548. The van der Waals surface area contributed by atoms with Gasteiger partial charge in [0.15, 0.2) is 12.4 Å². The number of halogens is 2. The second kappa shape index (κ2) is 6.48. The quantitative estimate of drug-likeness (QED) is 0.451. The first kappa shape index (κ1) is 13.0. The van der Waals surface area contributed by atoms with E-state index in [-0.39, 0.29) is 29.5 Å². The van der Waals surface area contributed by atoms with Gasteiger partial charge in [-0.2, -0.15) is 4.57 Å². The predicted molar refractivity (Wildman–Crippen MR) is 43.5 cm³/mol. The van der Waals surface area contributed by atoms with E-state index in [1.807, 2.05) is 0 Å². The van der Waals surface area contributed by atoms with E-state index in [2.05, 4.69) is 4.74 Å². The second-order valence-corrected chi connectivity index (χ2v) is 2.59. The number of esters is 1. The van der Waals surface area contributed by atoms with E-state index in [1.165, 1.54) is 7.11 Å². The lowest BCUT2D eigenvalue weighted by Crippen LogP contribution is -3.00. The van der Waals surface area contributed by atoms with Gasteiger partial charge in [-0.15, -0.1) is 0 Å². The average molecular weight is 264 g/mol. The molecule has 0 aromatic carbocycles. The molecule has 0 amide bonds. The molecule has 78 valence electrons. The lowest BCUT2D eigenvalue weighted by Gasteiger charge is -1.96. The molecule has 1 aromatic rings. The number of alkyl halides is 1. The van der Waals surface area contributed by atoms with Gasteiger partial charge in [-0.1, -0.05) is 0 Å². The van der Waals surface area contributed by atoms with Crippen molar-refractivity contribution in [3.8, 4) is 0 Å². The lowest BCUT2D eigenvalue weighted by atomic mass is 10.3. The number of hydrogen-bond acceptors (Lipinski definition) is 2. The van der Waals surface area contributed by atoms with Gasteiger partial charge in [0, 0.05) is 11.6 Å². The third-order valence-electron chi connectivity index (χ3n) is 1.61. The van der Waals surface area contributed by atoms with E-state index in [0.717, 1.165) is 0 Å². The number of carbonyl (C=O) groups is 1. The number of pyridine rings is 1. The molecule has 0 radical (unpaired) electrons. The third kappa shape index (κ3) is 3.83. The summed E-state index contributed by atoms with van der Waals surface area (Å²) in [4.78, 5) is 10.8. The van der Waals surface area contributed by atoms with Crippen LogP contribution in [-0.4, -0.2) is 13.1 Å². The first-order valence-electron chi connectivity index (χ1n) is 3.87. The van der Waals surface area contributed by atoms with Crippen molar-refractivity contribution in [1.29, 1.82) is 0 Å². The number of methoxy groups -OCH3 is 1. The van der Waals surface area contributed by atoms with Crippen LogP contribution in [0.25, 0.3) is 0 Å². The lowest BCUT2D eigenvalue weighted by molar-refractivity contribution is -0.686. The van der Waals surface area contributed by atoms with Crippen LogP contribution in [0.1, 0.15) is 5.56 Å². The Morgan fingerprint density at radius 1 is 1.64 bits per heavy atom. The average Bonchev–Trinajstić information content (AvgIpc) is 2.18. The zero-order valence-electron chi connectivity index (χ0n) is 7.74. The fourth-order valence-electron chi connectivity index (χ4n) is 0.967. The summed E-state index contributed by atoms with van der Waals surface area (Å²) in [7, 11) is 1.32. The van der Waals surface area contributed by atoms with Crippen molar-refractivity contribution in [1.82, 2.24) is 0 Å². The largest absolute Gasteiger partial charge is 1.00 e. The molecular weight excluding hydrogens is 253 g/mol. The number of carbonyl (C=O) groups excluding carboxylic acids is 1. The molecule has 3 nitrogen and oxygen atoms in total. The third-order valence-corrected chi connectivity index (χ3v) is 1.61. The molecular formula is C9H11BrFNO2. The number of ether oxygens (including phenoxy) is 1. The van der Waals surface area contributed by atoms with Crippen molar-refractivity contribution >= 4 is 5.97 Å². The highest BCUT2D eigenvalue weighted by molar-refractivity contribution is 5.67. The summed E-state index contributed by atoms with van der Waals surface area (Å²) in [6, 6.07) is 3.35. The van der Waals surface area contributed by atoms with Crippen molar-refractivity contribution < 1.29 is 35.5 Å². The van der Waals surface area contributed by atoms with Crippen molar-refractivity contribution in [3.05, 3.63) is 30.1 Å². The molecule has 0 aliphatic rings. The Labute approximate surface area is 92.3 Å². The zero-order chi connectivity index (χ0) is 9.68. The van der Waals surface area contributed by atoms with Crippen LogP contribution in [0.2, 0.25) is 0 Å². The van der Waals surface area contributed by atoms with Gasteiger partial charge in [0.1, 0.15) is 6.67 Å². The van der Waals surface area contributed by atoms with E-state index in [4.69, 9.17) is 0 Å². The highest BCUT2D eigenvalue weighted by atomic mass is 79.9. The summed E-state index contributed by atoms with van der Waals surface area (Å²) < 4.78 is 18.3. The normalized spacial score (nSPS) is 9.00. The van der Waals surface area contributed by atoms with E-state index in [9.17, 15) is 9.18 Å². The standard InChI is InChI=1S/C9H11FNO2.BrH/c1-13-9(12)7-11-4-2-3-8(5-10)6-11;/h2-4,6H,5,7H2,1H3;1H/q+1;/p-1. The Hall–Kier alpha value is -0.970. The minimum atomic E-state index is -0.526. The Morgan fingerprint density at radius 3 is 2.93 bits per heavy atom. The molecule has 0 aliphatic heterocycles. The van der Waals surface area contributed by atoms with E-state index >= 15 is 0 Å². The van der Waals surface area contributed by atoms with Crippen LogP contribution in [0.4, 0.5) is 4.39 Å². The molecule has 0 N–H and O–H groups in total. The molecule has 0 fully saturated rings. The maximum Gasteiger partial charge on any atom is 0.372 e. The first-order chi connectivity index (χ1) is 6.26. The molecule has 0 spiro atoms. The van der Waals surface area contributed by atoms with E-state index in [0.29, 0.717) is 5.56 Å². The summed E-state index contributed by atoms with van der Waals surface area (Å²) in [5, 5.41) is 0. The molecule has 0 saturated carbocycles. The number of aromatic nitrogens is 1. The van der Waals surface area contributed by atoms with Crippen molar-refractivity contribution in [2.24, 2.45) is 0 Å². The molecule has 0 atom stereocenters. The van der Waals surface area contributed by atoms with Crippen LogP contribution >= 0.6 is 0 Å². The van der Waals surface area contributed by atoms with Gasteiger partial charge in [-0.3, -0.25) is 0 Å². The number of nitrogens with zero attached hydrogens (tertiary/aromatic N) is 1. The summed E-state index contributed by atoms with van der Waals surface area (Å²) in [6.07, 6.45) is 3.27. The number of rotatable bonds is 3. The van der Waals surface area contributed by atoms with Gasteiger partial charge in [0.25, 0.3) is 0 Å². The Morgan fingerprint density at radius 2 is 2.36 bits per heavy atom. The fraction of sp³-hybridized carbons (Fsp3) is 0.333. The van der Waals surface area contributed by atoms with Gasteiger partial charge in [-0.25, -0.2) is 9.18 Å². The minimum Gasteiger partial charge on any atom is -1.00 e. The van der Waals surface area contributed by atoms with E-state index in [1.54, 1.807) is 29.1 Å². The van der Waals surface area contributed by atoms with E-state index < -0.39 is 6.67 Å². The molecule has 1 heterocycles. The smallest absolute Gasteiger partial charge is 0.372 e. The Balaban J connectivity index is 0.00000169. The van der Waals surface area contributed by atoms with Crippen LogP contribution < -0.4 is 21.5 Å². The van der Waals surface area contributed by atoms with Gasteiger partial charge < -0.3 is 21.7 Å².